The number of para-hydroxylation sites is 3. The van der Waals surface area contributed by atoms with E-state index in [0.717, 1.165) is 72.1 Å². The van der Waals surface area contributed by atoms with Gasteiger partial charge in [-0.05, 0) is 70.3 Å². The zero-order chi connectivity index (χ0) is 32.0. The quantitative estimate of drug-likeness (QED) is 0.197. The van der Waals surface area contributed by atoms with Crippen molar-refractivity contribution >= 4 is 60.9 Å². The highest BCUT2D eigenvalue weighted by molar-refractivity contribution is 6.18. The maximum absolute atomic E-state index is 6.85. The molecule has 0 bridgehead atoms. The minimum absolute atomic E-state index is 0.104. The van der Waals surface area contributed by atoms with Crippen LogP contribution in [0.2, 0.25) is 0 Å². The van der Waals surface area contributed by atoms with Gasteiger partial charge in [0.05, 0.1) is 5.69 Å². The van der Waals surface area contributed by atoms with Gasteiger partial charge in [-0.2, -0.15) is 0 Å². The normalized spacial score (nSPS) is 13.4. The van der Waals surface area contributed by atoms with E-state index in [-0.39, 0.29) is 5.41 Å². The second-order valence-electron chi connectivity index (χ2n) is 13.3. The maximum Gasteiger partial charge on any atom is 0.159 e. The maximum atomic E-state index is 6.85. The fourth-order valence-corrected chi connectivity index (χ4v) is 7.93. The van der Waals surface area contributed by atoms with Crippen LogP contribution in [0.25, 0.3) is 66.1 Å². The molecule has 3 nitrogen and oxygen atoms in total. The molecule has 0 unspecified atom stereocenters. The van der Waals surface area contributed by atoms with E-state index in [0.29, 0.717) is 0 Å². The van der Waals surface area contributed by atoms with Gasteiger partial charge in [0.25, 0.3) is 0 Å². The standard InChI is InChI=1S/C45H31NO2/c1-45(2)38-21-10-9-17-32(38)33-24-23-30(25-39(33)45)46(29-15-7-4-8-16-29)40-22-12-20-35-37-27-41-36(26-42(37)48-44(35)40)34-19-11-18-31(43(34)47-41)28-13-5-3-6-14-28/h3-27H,1-2H3. The van der Waals surface area contributed by atoms with E-state index in [2.05, 4.69) is 164 Å². The third kappa shape index (κ3) is 3.82. The van der Waals surface area contributed by atoms with Crippen LogP contribution < -0.4 is 4.90 Å². The van der Waals surface area contributed by atoms with Gasteiger partial charge in [-0.3, -0.25) is 0 Å². The highest BCUT2D eigenvalue weighted by Gasteiger charge is 2.36. The third-order valence-electron chi connectivity index (χ3n) is 10.3. The Hall–Kier alpha value is -6.06. The van der Waals surface area contributed by atoms with Crippen LogP contribution in [-0.4, -0.2) is 0 Å². The molecule has 10 rings (SSSR count). The SMILES string of the molecule is CC1(C)c2ccccc2-c2ccc(N(c3ccccc3)c3cccc4c3oc3cc5c(cc34)oc3c(-c4ccccc4)cccc35)cc21. The van der Waals surface area contributed by atoms with Crippen LogP contribution in [0.4, 0.5) is 17.1 Å². The number of rotatable bonds is 4. The summed E-state index contributed by atoms with van der Waals surface area (Å²) >= 11 is 0. The molecule has 1 aliphatic carbocycles. The Morgan fingerprint density at radius 1 is 0.438 bits per heavy atom. The Kier molecular flexibility index (Phi) is 5.63. The summed E-state index contributed by atoms with van der Waals surface area (Å²) in [5, 5.41) is 4.24. The second-order valence-corrected chi connectivity index (χ2v) is 13.3. The van der Waals surface area contributed by atoms with E-state index >= 15 is 0 Å². The molecule has 9 aromatic rings. The van der Waals surface area contributed by atoms with E-state index in [1.165, 1.54) is 22.3 Å². The van der Waals surface area contributed by atoms with Crippen molar-refractivity contribution in [2.45, 2.75) is 19.3 Å². The fraction of sp³-hybridized carbons (Fsp3) is 0.0667. The Morgan fingerprint density at radius 3 is 1.81 bits per heavy atom. The second kappa shape index (κ2) is 9.97. The predicted octanol–water partition coefficient (Wildman–Crippen LogP) is 12.9. The molecule has 3 heteroatoms. The zero-order valence-corrected chi connectivity index (χ0v) is 26.7. The average molecular weight is 618 g/mol. The summed E-state index contributed by atoms with van der Waals surface area (Å²) in [5.74, 6) is 0. The smallest absolute Gasteiger partial charge is 0.159 e. The Balaban J connectivity index is 1.18. The first-order valence-corrected chi connectivity index (χ1v) is 16.5. The molecule has 0 saturated carbocycles. The lowest BCUT2D eigenvalue weighted by Crippen LogP contribution is -2.16. The molecule has 1 aliphatic rings. The molecular formula is C45H31NO2. The summed E-state index contributed by atoms with van der Waals surface area (Å²) in [6, 6.07) is 53.8. The summed E-state index contributed by atoms with van der Waals surface area (Å²) in [5.41, 5.74) is 14.1. The number of furan rings is 2. The minimum atomic E-state index is -0.104. The van der Waals surface area contributed by atoms with Gasteiger partial charge in [-0.25, -0.2) is 0 Å². The van der Waals surface area contributed by atoms with Gasteiger partial charge >= 0.3 is 0 Å². The van der Waals surface area contributed by atoms with Crippen molar-refractivity contribution in [1.82, 2.24) is 0 Å². The first kappa shape index (κ1) is 27.1. The first-order chi connectivity index (χ1) is 23.6. The van der Waals surface area contributed by atoms with Crippen LogP contribution in [0.3, 0.4) is 0 Å². The molecule has 0 spiro atoms. The van der Waals surface area contributed by atoms with Gasteiger partial charge in [0.1, 0.15) is 16.7 Å². The number of hydrogen-bond donors (Lipinski definition) is 0. The third-order valence-corrected chi connectivity index (χ3v) is 10.3. The number of hydrogen-bond acceptors (Lipinski definition) is 3. The number of benzene rings is 7. The summed E-state index contributed by atoms with van der Waals surface area (Å²) in [6.07, 6.45) is 0. The van der Waals surface area contributed by atoms with Crippen molar-refractivity contribution in [3.05, 3.63) is 163 Å². The van der Waals surface area contributed by atoms with E-state index in [1.54, 1.807) is 0 Å². The lowest BCUT2D eigenvalue weighted by Gasteiger charge is -2.28. The van der Waals surface area contributed by atoms with Crippen LogP contribution in [0.5, 0.6) is 0 Å². The van der Waals surface area contributed by atoms with Gasteiger partial charge in [0.15, 0.2) is 5.58 Å². The van der Waals surface area contributed by atoms with Gasteiger partial charge in [0, 0.05) is 43.9 Å². The van der Waals surface area contributed by atoms with Crippen LogP contribution in [0.1, 0.15) is 25.0 Å². The van der Waals surface area contributed by atoms with E-state index in [4.69, 9.17) is 8.83 Å². The monoisotopic (exact) mass is 617 g/mol. The molecule has 228 valence electrons. The van der Waals surface area contributed by atoms with E-state index in [1.807, 2.05) is 6.07 Å². The summed E-state index contributed by atoms with van der Waals surface area (Å²) in [7, 11) is 0. The molecule has 0 fully saturated rings. The van der Waals surface area contributed by atoms with Crippen LogP contribution in [0, 0.1) is 0 Å². The largest absolute Gasteiger partial charge is 0.455 e. The van der Waals surface area contributed by atoms with Crippen molar-refractivity contribution in [3.63, 3.8) is 0 Å². The lowest BCUT2D eigenvalue weighted by atomic mass is 9.82. The van der Waals surface area contributed by atoms with Gasteiger partial charge in [-0.1, -0.05) is 123 Å². The van der Waals surface area contributed by atoms with Crippen molar-refractivity contribution < 1.29 is 8.83 Å². The van der Waals surface area contributed by atoms with Crippen molar-refractivity contribution in [2.75, 3.05) is 4.90 Å². The number of fused-ring (bicyclic) bond motifs is 9. The summed E-state index contributed by atoms with van der Waals surface area (Å²) in [4.78, 5) is 2.33. The van der Waals surface area contributed by atoms with Gasteiger partial charge < -0.3 is 13.7 Å². The highest BCUT2D eigenvalue weighted by Crippen LogP contribution is 2.51. The van der Waals surface area contributed by atoms with Crippen LogP contribution in [-0.2, 0) is 5.41 Å². The molecule has 0 radical (unpaired) electrons. The predicted molar refractivity (Wildman–Crippen MR) is 199 cm³/mol. The van der Waals surface area contributed by atoms with Crippen LogP contribution >= 0.6 is 0 Å². The molecule has 48 heavy (non-hydrogen) atoms. The zero-order valence-electron chi connectivity index (χ0n) is 26.7. The van der Waals surface area contributed by atoms with Crippen molar-refractivity contribution in [3.8, 4) is 22.3 Å². The topological polar surface area (TPSA) is 29.5 Å². The van der Waals surface area contributed by atoms with Gasteiger partial charge in [-0.15, -0.1) is 0 Å². The molecular weight excluding hydrogens is 587 g/mol. The molecule has 7 aromatic carbocycles. The molecule has 0 amide bonds. The van der Waals surface area contributed by atoms with E-state index in [9.17, 15) is 0 Å². The molecule has 0 N–H and O–H groups in total. The molecule has 0 atom stereocenters. The lowest BCUT2D eigenvalue weighted by molar-refractivity contribution is 0.660. The summed E-state index contributed by atoms with van der Waals surface area (Å²) in [6.45, 7) is 4.66. The highest BCUT2D eigenvalue weighted by atomic mass is 16.3. The van der Waals surface area contributed by atoms with Crippen molar-refractivity contribution in [2.24, 2.45) is 0 Å². The molecule has 0 aliphatic heterocycles. The Labute approximate surface area is 278 Å². The average Bonchev–Trinajstić information content (AvgIpc) is 3.76. The fourth-order valence-electron chi connectivity index (χ4n) is 7.93. The van der Waals surface area contributed by atoms with Crippen molar-refractivity contribution in [1.29, 1.82) is 0 Å². The Bertz CT molecular complexity index is 2700. The molecule has 2 aromatic heterocycles. The number of anilines is 3. The Morgan fingerprint density at radius 2 is 1.04 bits per heavy atom. The summed E-state index contributed by atoms with van der Waals surface area (Å²) < 4.78 is 13.5. The molecule has 2 heterocycles. The minimum Gasteiger partial charge on any atom is -0.455 e. The number of nitrogens with zero attached hydrogens (tertiary/aromatic N) is 1. The molecule has 0 saturated heterocycles. The first-order valence-electron chi connectivity index (χ1n) is 16.5. The van der Waals surface area contributed by atoms with Gasteiger partial charge in [0.2, 0.25) is 0 Å². The van der Waals surface area contributed by atoms with Crippen LogP contribution in [0.15, 0.2) is 160 Å². The van der Waals surface area contributed by atoms with E-state index < -0.39 is 0 Å².